The van der Waals surface area contributed by atoms with Gasteiger partial charge in [0.05, 0.1) is 5.60 Å². The molecule has 1 heterocycles. The summed E-state index contributed by atoms with van der Waals surface area (Å²) in [5, 5.41) is 10.9. The summed E-state index contributed by atoms with van der Waals surface area (Å²) in [6.07, 6.45) is 6.09. The lowest BCUT2D eigenvalue weighted by molar-refractivity contribution is 0.0258. The van der Waals surface area contributed by atoms with Gasteiger partial charge in [0.1, 0.15) is 0 Å². The smallest absolute Gasteiger partial charge is 0.0746 e. The maximum absolute atomic E-state index is 10.9. The summed E-state index contributed by atoms with van der Waals surface area (Å²) in [5.74, 6) is 0. The molecular formula is C18H21NO. The molecule has 20 heavy (non-hydrogen) atoms. The highest BCUT2D eigenvalue weighted by Crippen LogP contribution is 2.30. The lowest BCUT2D eigenvalue weighted by Crippen LogP contribution is -2.38. The summed E-state index contributed by atoms with van der Waals surface area (Å²) >= 11 is 0. The second kappa shape index (κ2) is 5.37. The van der Waals surface area contributed by atoms with Crippen LogP contribution in [0.25, 0.3) is 0 Å². The number of nitrogens with zero attached hydrogens (tertiary/aromatic N) is 1. The lowest BCUT2D eigenvalue weighted by atomic mass is 9.78. The number of hydrogen-bond donors (Lipinski definition) is 1. The average molecular weight is 267 g/mol. The SMILES string of the molecule is CCc1ccc(CC2(O)CCc3ccccc3C2)nc1. The van der Waals surface area contributed by atoms with Crippen LogP contribution in [-0.2, 0) is 25.7 Å². The van der Waals surface area contributed by atoms with E-state index in [4.69, 9.17) is 0 Å². The van der Waals surface area contributed by atoms with Crippen molar-refractivity contribution in [3.05, 3.63) is 65.0 Å². The number of pyridine rings is 1. The molecule has 2 aromatic rings. The molecule has 0 fully saturated rings. The minimum Gasteiger partial charge on any atom is -0.389 e. The van der Waals surface area contributed by atoms with Gasteiger partial charge in [-0.05, 0) is 42.0 Å². The van der Waals surface area contributed by atoms with Crippen molar-refractivity contribution in [1.82, 2.24) is 4.98 Å². The monoisotopic (exact) mass is 267 g/mol. The Labute approximate surface area is 120 Å². The molecule has 1 unspecified atom stereocenters. The van der Waals surface area contributed by atoms with Crippen LogP contribution in [0.2, 0.25) is 0 Å². The number of hydrogen-bond acceptors (Lipinski definition) is 2. The van der Waals surface area contributed by atoms with E-state index in [-0.39, 0.29) is 0 Å². The molecule has 0 spiro atoms. The molecule has 2 nitrogen and oxygen atoms in total. The van der Waals surface area contributed by atoms with Crippen molar-refractivity contribution in [2.24, 2.45) is 0 Å². The second-order valence-corrected chi connectivity index (χ2v) is 5.86. The molecule has 0 bridgehead atoms. The highest BCUT2D eigenvalue weighted by atomic mass is 16.3. The van der Waals surface area contributed by atoms with Gasteiger partial charge in [0.15, 0.2) is 0 Å². The van der Waals surface area contributed by atoms with Crippen LogP contribution in [0.1, 0.15) is 35.7 Å². The maximum Gasteiger partial charge on any atom is 0.0746 e. The lowest BCUT2D eigenvalue weighted by Gasteiger charge is -2.33. The second-order valence-electron chi connectivity index (χ2n) is 5.86. The van der Waals surface area contributed by atoms with Gasteiger partial charge in [-0.1, -0.05) is 37.3 Å². The average Bonchev–Trinajstić information content (AvgIpc) is 2.47. The Balaban J connectivity index is 1.77. The number of benzene rings is 1. The van der Waals surface area contributed by atoms with Gasteiger partial charge in [0.2, 0.25) is 0 Å². The van der Waals surface area contributed by atoms with Crippen LogP contribution < -0.4 is 0 Å². The molecule has 2 heteroatoms. The quantitative estimate of drug-likeness (QED) is 0.927. The molecule has 1 atom stereocenters. The van der Waals surface area contributed by atoms with E-state index >= 15 is 0 Å². The molecule has 1 aliphatic carbocycles. The Morgan fingerprint density at radius 2 is 1.95 bits per heavy atom. The number of aromatic nitrogens is 1. The van der Waals surface area contributed by atoms with Crippen molar-refractivity contribution in [1.29, 1.82) is 0 Å². The number of aliphatic hydroxyl groups is 1. The number of rotatable bonds is 3. The van der Waals surface area contributed by atoms with Gasteiger partial charge in [-0.25, -0.2) is 0 Å². The van der Waals surface area contributed by atoms with Crippen LogP contribution >= 0.6 is 0 Å². The predicted octanol–water partition coefficient (Wildman–Crippen LogP) is 3.11. The maximum atomic E-state index is 10.9. The van der Waals surface area contributed by atoms with Crippen LogP contribution in [0.4, 0.5) is 0 Å². The molecule has 1 aromatic carbocycles. The Hall–Kier alpha value is -1.67. The van der Waals surface area contributed by atoms with E-state index in [1.165, 1.54) is 16.7 Å². The minimum atomic E-state index is -0.644. The third-order valence-electron chi connectivity index (χ3n) is 4.30. The van der Waals surface area contributed by atoms with E-state index in [0.717, 1.165) is 31.4 Å². The van der Waals surface area contributed by atoms with Gasteiger partial charge >= 0.3 is 0 Å². The van der Waals surface area contributed by atoms with Crippen molar-refractivity contribution in [3.8, 4) is 0 Å². The molecule has 1 aromatic heterocycles. The largest absolute Gasteiger partial charge is 0.389 e. The third kappa shape index (κ3) is 2.75. The zero-order valence-corrected chi connectivity index (χ0v) is 12.0. The van der Waals surface area contributed by atoms with Crippen LogP contribution in [0, 0.1) is 0 Å². The van der Waals surface area contributed by atoms with Crippen molar-refractivity contribution < 1.29 is 5.11 Å². The number of aryl methyl sites for hydroxylation is 2. The van der Waals surface area contributed by atoms with E-state index in [0.29, 0.717) is 6.42 Å². The summed E-state index contributed by atoms with van der Waals surface area (Å²) in [4.78, 5) is 4.48. The first-order valence-corrected chi connectivity index (χ1v) is 7.41. The predicted molar refractivity (Wildman–Crippen MR) is 80.7 cm³/mol. The van der Waals surface area contributed by atoms with E-state index < -0.39 is 5.60 Å². The number of fused-ring (bicyclic) bond motifs is 1. The van der Waals surface area contributed by atoms with Gasteiger partial charge in [0.25, 0.3) is 0 Å². The molecule has 0 radical (unpaired) electrons. The fraction of sp³-hybridized carbons (Fsp3) is 0.389. The van der Waals surface area contributed by atoms with Gasteiger partial charge in [0, 0.05) is 24.7 Å². The Bertz CT molecular complexity index is 591. The Kier molecular flexibility index (Phi) is 3.58. The standard InChI is InChI=1S/C18H21NO/c1-2-14-7-8-17(19-13-14)12-18(20)10-9-15-5-3-4-6-16(15)11-18/h3-8,13,20H,2,9-12H2,1H3. The molecule has 0 saturated heterocycles. The molecule has 0 aliphatic heterocycles. The van der Waals surface area contributed by atoms with Crippen molar-refractivity contribution in [2.75, 3.05) is 0 Å². The van der Waals surface area contributed by atoms with Gasteiger partial charge in [-0.3, -0.25) is 4.98 Å². The van der Waals surface area contributed by atoms with E-state index in [2.05, 4.69) is 48.3 Å². The van der Waals surface area contributed by atoms with E-state index in [1.807, 2.05) is 6.20 Å². The third-order valence-corrected chi connectivity index (χ3v) is 4.30. The first-order chi connectivity index (χ1) is 9.68. The molecule has 1 aliphatic rings. The van der Waals surface area contributed by atoms with Crippen LogP contribution in [0.5, 0.6) is 0 Å². The first-order valence-electron chi connectivity index (χ1n) is 7.41. The topological polar surface area (TPSA) is 33.1 Å². The van der Waals surface area contributed by atoms with Crippen molar-refractivity contribution in [3.63, 3.8) is 0 Å². The normalized spacial score (nSPS) is 21.5. The van der Waals surface area contributed by atoms with Crippen LogP contribution in [0.15, 0.2) is 42.6 Å². The zero-order valence-electron chi connectivity index (χ0n) is 12.0. The van der Waals surface area contributed by atoms with Crippen LogP contribution in [0.3, 0.4) is 0 Å². The molecular weight excluding hydrogens is 246 g/mol. The van der Waals surface area contributed by atoms with Gasteiger partial charge < -0.3 is 5.11 Å². The summed E-state index contributed by atoms with van der Waals surface area (Å²) in [6, 6.07) is 12.6. The minimum absolute atomic E-state index is 0.644. The fourth-order valence-corrected chi connectivity index (χ4v) is 3.04. The highest BCUT2D eigenvalue weighted by molar-refractivity contribution is 5.32. The van der Waals surface area contributed by atoms with Gasteiger partial charge in [-0.2, -0.15) is 0 Å². The van der Waals surface area contributed by atoms with Gasteiger partial charge in [-0.15, -0.1) is 0 Å². The molecule has 1 N–H and O–H groups in total. The van der Waals surface area contributed by atoms with Crippen molar-refractivity contribution >= 4 is 0 Å². The molecule has 0 amide bonds. The summed E-state index contributed by atoms with van der Waals surface area (Å²) < 4.78 is 0. The molecule has 3 rings (SSSR count). The summed E-state index contributed by atoms with van der Waals surface area (Å²) in [5.41, 5.74) is 4.26. The van der Waals surface area contributed by atoms with E-state index in [1.54, 1.807) is 0 Å². The highest BCUT2D eigenvalue weighted by Gasteiger charge is 2.32. The zero-order chi connectivity index (χ0) is 14.0. The first kappa shape index (κ1) is 13.3. The molecule has 104 valence electrons. The Morgan fingerprint density at radius 3 is 2.65 bits per heavy atom. The summed E-state index contributed by atoms with van der Waals surface area (Å²) in [7, 11) is 0. The Morgan fingerprint density at radius 1 is 1.15 bits per heavy atom. The van der Waals surface area contributed by atoms with Crippen LogP contribution in [-0.4, -0.2) is 15.7 Å². The van der Waals surface area contributed by atoms with Crippen molar-refractivity contribution in [2.45, 2.75) is 44.6 Å². The molecule has 0 saturated carbocycles. The summed E-state index contributed by atoms with van der Waals surface area (Å²) in [6.45, 7) is 2.13. The van der Waals surface area contributed by atoms with E-state index in [9.17, 15) is 5.11 Å². The fourth-order valence-electron chi connectivity index (χ4n) is 3.04.